The van der Waals surface area contributed by atoms with Crippen LogP contribution in [0.1, 0.15) is 20.3 Å². The highest BCUT2D eigenvalue weighted by molar-refractivity contribution is 5.76. The number of nitrogens with one attached hydrogen (secondary N) is 1. The maximum atomic E-state index is 11.5. The SMILES string of the molecule is COC1CNC(C(=O)OCC(C)C)C1. The van der Waals surface area contributed by atoms with Crippen LogP contribution in [0.5, 0.6) is 0 Å². The van der Waals surface area contributed by atoms with Crippen LogP contribution >= 0.6 is 0 Å². The zero-order valence-electron chi connectivity index (χ0n) is 9.08. The number of methoxy groups -OCH3 is 1. The summed E-state index contributed by atoms with van der Waals surface area (Å²) in [6, 6.07) is -0.182. The number of ether oxygens (including phenoxy) is 2. The lowest BCUT2D eigenvalue weighted by Gasteiger charge is -2.11. The molecule has 0 spiro atoms. The molecule has 2 atom stereocenters. The van der Waals surface area contributed by atoms with Crippen molar-refractivity contribution in [2.24, 2.45) is 5.92 Å². The molecule has 14 heavy (non-hydrogen) atoms. The number of rotatable bonds is 4. The molecule has 0 aliphatic carbocycles. The second kappa shape index (κ2) is 5.32. The molecular formula is C10H19NO3. The molecule has 0 radical (unpaired) electrons. The van der Waals surface area contributed by atoms with Crippen LogP contribution in [-0.2, 0) is 14.3 Å². The standard InChI is InChI=1S/C10H19NO3/c1-7(2)6-14-10(12)9-4-8(13-3)5-11-9/h7-9,11H,4-6H2,1-3H3. The predicted octanol–water partition coefficient (Wildman–Crippen LogP) is 0.562. The van der Waals surface area contributed by atoms with Crippen LogP contribution in [0.3, 0.4) is 0 Å². The summed E-state index contributed by atoms with van der Waals surface area (Å²) in [6.07, 6.45) is 0.861. The van der Waals surface area contributed by atoms with Crippen LogP contribution in [0.4, 0.5) is 0 Å². The molecule has 0 aromatic carbocycles. The summed E-state index contributed by atoms with van der Waals surface area (Å²) in [4.78, 5) is 11.5. The maximum Gasteiger partial charge on any atom is 0.323 e. The van der Waals surface area contributed by atoms with E-state index in [-0.39, 0.29) is 18.1 Å². The number of carbonyl (C=O) groups excluding carboxylic acids is 1. The van der Waals surface area contributed by atoms with Gasteiger partial charge in [0.2, 0.25) is 0 Å². The Kier molecular flexibility index (Phi) is 4.35. The molecule has 0 amide bonds. The fourth-order valence-corrected chi connectivity index (χ4v) is 1.41. The molecule has 1 aliphatic heterocycles. The van der Waals surface area contributed by atoms with Crippen LogP contribution in [0, 0.1) is 5.92 Å². The van der Waals surface area contributed by atoms with Gasteiger partial charge in [-0.3, -0.25) is 4.79 Å². The van der Waals surface area contributed by atoms with Gasteiger partial charge in [0.05, 0.1) is 12.7 Å². The van der Waals surface area contributed by atoms with Gasteiger partial charge >= 0.3 is 5.97 Å². The molecule has 2 unspecified atom stereocenters. The van der Waals surface area contributed by atoms with Crippen molar-refractivity contribution in [3.63, 3.8) is 0 Å². The molecule has 1 saturated heterocycles. The van der Waals surface area contributed by atoms with Crippen LogP contribution in [-0.4, -0.2) is 38.4 Å². The minimum atomic E-state index is -0.182. The van der Waals surface area contributed by atoms with E-state index >= 15 is 0 Å². The summed E-state index contributed by atoms with van der Waals surface area (Å²) in [7, 11) is 1.66. The zero-order chi connectivity index (χ0) is 10.6. The Labute approximate surface area is 85.0 Å². The van der Waals surface area contributed by atoms with Gasteiger partial charge in [-0.1, -0.05) is 13.8 Å². The molecular weight excluding hydrogens is 182 g/mol. The number of carbonyl (C=O) groups is 1. The van der Waals surface area contributed by atoms with Crippen molar-refractivity contribution in [1.82, 2.24) is 5.32 Å². The van der Waals surface area contributed by atoms with E-state index in [0.717, 1.165) is 6.54 Å². The number of esters is 1. The third-order valence-corrected chi connectivity index (χ3v) is 2.27. The average molecular weight is 201 g/mol. The quantitative estimate of drug-likeness (QED) is 0.675. The van der Waals surface area contributed by atoms with Crippen molar-refractivity contribution in [1.29, 1.82) is 0 Å². The lowest BCUT2D eigenvalue weighted by atomic mass is 10.2. The molecule has 82 valence electrons. The Hall–Kier alpha value is -0.610. The molecule has 0 aromatic rings. The van der Waals surface area contributed by atoms with E-state index in [2.05, 4.69) is 5.32 Å². The van der Waals surface area contributed by atoms with Gasteiger partial charge in [0.1, 0.15) is 6.04 Å². The highest BCUT2D eigenvalue weighted by Crippen LogP contribution is 2.11. The van der Waals surface area contributed by atoms with Crippen LogP contribution < -0.4 is 5.32 Å². The van der Waals surface area contributed by atoms with Crippen LogP contribution in [0.25, 0.3) is 0 Å². The molecule has 1 N–H and O–H groups in total. The monoisotopic (exact) mass is 201 g/mol. The van der Waals surface area contributed by atoms with E-state index in [0.29, 0.717) is 18.9 Å². The molecule has 4 nitrogen and oxygen atoms in total. The molecule has 1 aliphatic rings. The van der Waals surface area contributed by atoms with Crippen molar-refractivity contribution in [2.75, 3.05) is 20.3 Å². The van der Waals surface area contributed by atoms with Crippen molar-refractivity contribution in [2.45, 2.75) is 32.4 Å². The highest BCUT2D eigenvalue weighted by Gasteiger charge is 2.30. The average Bonchev–Trinajstić information content (AvgIpc) is 2.62. The molecule has 0 aromatic heterocycles. The summed E-state index contributed by atoms with van der Waals surface area (Å²) in [5, 5.41) is 3.08. The van der Waals surface area contributed by atoms with Gasteiger partial charge in [-0.05, 0) is 5.92 Å². The summed E-state index contributed by atoms with van der Waals surface area (Å²) in [5.74, 6) is 0.233. The van der Waals surface area contributed by atoms with Crippen LogP contribution in [0.2, 0.25) is 0 Å². The zero-order valence-corrected chi connectivity index (χ0v) is 9.08. The summed E-state index contributed by atoms with van der Waals surface area (Å²) in [6.45, 7) is 5.27. The number of hydrogen-bond acceptors (Lipinski definition) is 4. The second-order valence-electron chi connectivity index (χ2n) is 4.08. The Morgan fingerprint density at radius 3 is 2.79 bits per heavy atom. The van der Waals surface area contributed by atoms with E-state index in [1.165, 1.54) is 0 Å². The van der Waals surface area contributed by atoms with Crippen LogP contribution in [0.15, 0.2) is 0 Å². The first-order chi connectivity index (χ1) is 6.63. The molecule has 4 heteroatoms. The maximum absolute atomic E-state index is 11.5. The Morgan fingerprint density at radius 1 is 1.57 bits per heavy atom. The predicted molar refractivity (Wildman–Crippen MR) is 53.0 cm³/mol. The Balaban J connectivity index is 2.25. The minimum absolute atomic E-state index is 0.145. The Bertz CT molecular complexity index is 194. The minimum Gasteiger partial charge on any atom is -0.464 e. The van der Waals surface area contributed by atoms with E-state index in [4.69, 9.17) is 9.47 Å². The molecule has 1 heterocycles. The fourth-order valence-electron chi connectivity index (χ4n) is 1.41. The first-order valence-corrected chi connectivity index (χ1v) is 5.06. The molecule has 0 bridgehead atoms. The molecule has 1 fully saturated rings. The van der Waals surface area contributed by atoms with E-state index in [1.807, 2.05) is 13.8 Å². The van der Waals surface area contributed by atoms with Crippen molar-refractivity contribution in [3.8, 4) is 0 Å². The second-order valence-corrected chi connectivity index (χ2v) is 4.08. The summed E-state index contributed by atoms with van der Waals surface area (Å²) < 4.78 is 10.3. The summed E-state index contributed by atoms with van der Waals surface area (Å²) in [5.41, 5.74) is 0. The van der Waals surface area contributed by atoms with Crippen molar-refractivity contribution >= 4 is 5.97 Å². The van der Waals surface area contributed by atoms with E-state index in [9.17, 15) is 4.79 Å². The third kappa shape index (κ3) is 3.27. The van der Waals surface area contributed by atoms with Gasteiger partial charge in [0.15, 0.2) is 0 Å². The lowest BCUT2D eigenvalue weighted by Crippen LogP contribution is -2.33. The summed E-state index contributed by atoms with van der Waals surface area (Å²) >= 11 is 0. The first kappa shape index (κ1) is 11.5. The molecule has 0 saturated carbocycles. The lowest BCUT2D eigenvalue weighted by molar-refractivity contribution is -0.147. The largest absolute Gasteiger partial charge is 0.464 e. The van der Waals surface area contributed by atoms with Gasteiger partial charge in [0.25, 0.3) is 0 Å². The van der Waals surface area contributed by atoms with E-state index in [1.54, 1.807) is 7.11 Å². The highest BCUT2D eigenvalue weighted by atomic mass is 16.5. The topological polar surface area (TPSA) is 47.6 Å². The molecule has 1 rings (SSSR count). The fraction of sp³-hybridized carbons (Fsp3) is 0.900. The van der Waals surface area contributed by atoms with Gasteiger partial charge in [-0.15, -0.1) is 0 Å². The van der Waals surface area contributed by atoms with Gasteiger partial charge in [-0.2, -0.15) is 0 Å². The van der Waals surface area contributed by atoms with Gasteiger partial charge < -0.3 is 14.8 Å². The van der Waals surface area contributed by atoms with Gasteiger partial charge in [-0.25, -0.2) is 0 Å². The van der Waals surface area contributed by atoms with Gasteiger partial charge in [0, 0.05) is 20.1 Å². The van der Waals surface area contributed by atoms with E-state index < -0.39 is 0 Å². The first-order valence-electron chi connectivity index (χ1n) is 5.06. The van der Waals surface area contributed by atoms with Crippen molar-refractivity contribution in [3.05, 3.63) is 0 Å². The number of hydrogen-bond donors (Lipinski definition) is 1. The third-order valence-electron chi connectivity index (χ3n) is 2.27. The van der Waals surface area contributed by atoms with Crippen molar-refractivity contribution < 1.29 is 14.3 Å². The smallest absolute Gasteiger partial charge is 0.323 e. The normalized spacial score (nSPS) is 26.9. The Morgan fingerprint density at radius 2 is 2.29 bits per heavy atom.